The number of nitrogens with two attached hydrogens (primary N) is 2. The molecule has 0 radical (unpaired) electrons. The Balaban J connectivity index is 3.28. The Morgan fingerprint density at radius 2 is 2.00 bits per heavy atom. The number of sulfonamides is 1. The second-order valence-electron chi connectivity index (χ2n) is 4.84. The second kappa shape index (κ2) is 6.55. The lowest BCUT2D eigenvalue weighted by Gasteiger charge is -2.23. The van der Waals surface area contributed by atoms with Gasteiger partial charge in [0.1, 0.15) is 4.90 Å². The van der Waals surface area contributed by atoms with Crippen molar-refractivity contribution in [3.63, 3.8) is 0 Å². The quantitative estimate of drug-likeness (QED) is 0.739. The number of carbonyl (C=O) groups is 1. The first-order chi connectivity index (χ1) is 9.14. The van der Waals surface area contributed by atoms with Gasteiger partial charge in [-0.2, -0.15) is 4.31 Å². The van der Waals surface area contributed by atoms with Crippen molar-refractivity contribution in [2.24, 2.45) is 11.7 Å². The summed E-state index contributed by atoms with van der Waals surface area (Å²) >= 11 is 3.21. The largest absolute Gasteiger partial charge is 0.398 e. The molecular formula is C12H18BrN3O3S. The number of nitrogen functional groups attached to an aromatic ring is 1. The Hall–Kier alpha value is -1.12. The van der Waals surface area contributed by atoms with E-state index in [1.165, 1.54) is 12.1 Å². The standard InChI is InChI=1S/C12H18BrN3O3S/c1-8(2)6-16(7-12(15)17)20(18,19)11-5-9(13)3-4-10(11)14/h3-5,8H,6-7,14H2,1-2H3,(H2,15,17). The van der Waals surface area contributed by atoms with E-state index in [0.29, 0.717) is 4.47 Å². The van der Waals surface area contributed by atoms with E-state index in [2.05, 4.69) is 15.9 Å². The van der Waals surface area contributed by atoms with E-state index in [1.54, 1.807) is 6.07 Å². The number of anilines is 1. The van der Waals surface area contributed by atoms with Crippen LogP contribution in [0.4, 0.5) is 5.69 Å². The highest BCUT2D eigenvalue weighted by atomic mass is 79.9. The summed E-state index contributed by atoms with van der Waals surface area (Å²) in [6.45, 7) is 3.53. The zero-order valence-electron chi connectivity index (χ0n) is 11.3. The number of hydrogen-bond acceptors (Lipinski definition) is 4. The van der Waals surface area contributed by atoms with Gasteiger partial charge in [0.15, 0.2) is 0 Å². The van der Waals surface area contributed by atoms with Crippen LogP contribution in [0, 0.1) is 5.92 Å². The molecule has 0 aromatic heterocycles. The minimum atomic E-state index is -3.87. The van der Waals surface area contributed by atoms with Crippen molar-refractivity contribution in [2.45, 2.75) is 18.7 Å². The Bertz CT molecular complexity index is 602. The molecule has 112 valence electrons. The van der Waals surface area contributed by atoms with Gasteiger partial charge in [0.25, 0.3) is 0 Å². The van der Waals surface area contributed by atoms with E-state index >= 15 is 0 Å². The lowest BCUT2D eigenvalue weighted by molar-refractivity contribution is -0.118. The molecular weight excluding hydrogens is 346 g/mol. The third-order valence-corrected chi connectivity index (χ3v) is 4.86. The van der Waals surface area contributed by atoms with Gasteiger partial charge in [-0.3, -0.25) is 4.79 Å². The van der Waals surface area contributed by atoms with Gasteiger partial charge in [-0.05, 0) is 24.1 Å². The maximum absolute atomic E-state index is 12.6. The molecule has 0 saturated carbocycles. The van der Waals surface area contributed by atoms with E-state index < -0.39 is 15.9 Å². The normalized spacial score (nSPS) is 12.1. The summed E-state index contributed by atoms with van der Waals surface area (Å²) in [6, 6.07) is 4.56. The first-order valence-electron chi connectivity index (χ1n) is 5.98. The number of carbonyl (C=O) groups excluding carboxylic acids is 1. The minimum Gasteiger partial charge on any atom is -0.398 e. The summed E-state index contributed by atoms with van der Waals surface area (Å²) in [4.78, 5) is 11.1. The molecule has 0 spiro atoms. The first kappa shape index (κ1) is 16.9. The van der Waals surface area contributed by atoms with Crippen LogP contribution in [0.5, 0.6) is 0 Å². The average Bonchev–Trinajstić information content (AvgIpc) is 2.30. The molecule has 0 unspecified atom stereocenters. The molecule has 0 bridgehead atoms. The molecule has 0 heterocycles. The number of hydrogen-bond donors (Lipinski definition) is 2. The number of amides is 1. The van der Waals surface area contributed by atoms with Crippen LogP contribution in [0.25, 0.3) is 0 Å². The van der Waals surface area contributed by atoms with Gasteiger partial charge < -0.3 is 11.5 Å². The summed E-state index contributed by atoms with van der Waals surface area (Å²) in [7, 11) is -3.87. The van der Waals surface area contributed by atoms with Crippen molar-refractivity contribution in [1.29, 1.82) is 0 Å². The van der Waals surface area contributed by atoms with Crippen molar-refractivity contribution in [3.05, 3.63) is 22.7 Å². The maximum atomic E-state index is 12.6. The molecule has 0 aliphatic rings. The van der Waals surface area contributed by atoms with Crippen LogP contribution in [-0.2, 0) is 14.8 Å². The molecule has 6 nitrogen and oxygen atoms in total. The van der Waals surface area contributed by atoms with Crippen LogP contribution in [0.15, 0.2) is 27.6 Å². The van der Waals surface area contributed by atoms with Crippen LogP contribution in [-0.4, -0.2) is 31.7 Å². The number of halogens is 1. The molecule has 0 aliphatic carbocycles. The van der Waals surface area contributed by atoms with Crippen molar-refractivity contribution in [1.82, 2.24) is 4.31 Å². The van der Waals surface area contributed by atoms with Crippen LogP contribution in [0.2, 0.25) is 0 Å². The van der Waals surface area contributed by atoms with E-state index in [0.717, 1.165) is 4.31 Å². The van der Waals surface area contributed by atoms with Gasteiger partial charge in [-0.25, -0.2) is 8.42 Å². The summed E-state index contributed by atoms with van der Waals surface area (Å²) in [6.07, 6.45) is 0. The number of primary amides is 1. The molecule has 20 heavy (non-hydrogen) atoms. The molecule has 8 heteroatoms. The van der Waals surface area contributed by atoms with Crippen LogP contribution in [0.3, 0.4) is 0 Å². The van der Waals surface area contributed by atoms with E-state index in [9.17, 15) is 13.2 Å². The zero-order valence-corrected chi connectivity index (χ0v) is 13.7. The molecule has 1 amide bonds. The minimum absolute atomic E-state index is 0.0335. The Kier molecular flexibility index (Phi) is 5.55. The van der Waals surface area contributed by atoms with Gasteiger partial charge in [-0.1, -0.05) is 29.8 Å². The van der Waals surface area contributed by atoms with Crippen LogP contribution >= 0.6 is 15.9 Å². The molecule has 0 fully saturated rings. The highest BCUT2D eigenvalue weighted by Gasteiger charge is 2.28. The molecule has 0 aliphatic heterocycles. The maximum Gasteiger partial charge on any atom is 0.245 e. The molecule has 4 N–H and O–H groups in total. The summed E-state index contributed by atoms with van der Waals surface area (Å²) in [5.74, 6) is -0.653. The van der Waals surface area contributed by atoms with Crippen LogP contribution in [0.1, 0.15) is 13.8 Å². The van der Waals surface area contributed by atoms with Gasteiger partial charge in [-0.15, -0.1) is 0 Å². The number of benzene rings is 1. The Labute approximate surface area is 127 Å². The smallest absolute Gasteiger partial charge is 0.245 e. The predicted molar refractivity (Wildman–Crippen MR) is 81.3 cm³/mol. The predicted octanol–water partition coefficient (Wildman–Crippen LogP) is 1.16. The Morgan fingerprint density at radius 3 is 2.50 bits per heavy atom. The highest BCUT2D eigenvalue weighted by Crippen LogP contribution is 2.26. The average molecular weight is 364 g/mol. The highest BCUT2D eigenvalue weighted by molar-refractivity contribution is 9.10. The van der Waals surface area contributed by atoms with Crippen molar-refractivity contribution >= 4 is 37.5 Å². The zero-order chi connectivity index (χ0) is 15.5. The molecule has 0 atom stereocenters. The fourth-order valence-electron chi connectivity index (χ4n) is 1.70. The fraction of sp³-hybridized carbons (Fsp3) is 0.417. The topological polar surface area (TPSA) is 106 Å². The molecule has 1 aromatic carbocycles. The van der Waals surface area contributed by atoms with Crippen molar-refractivity contribution in [3.8, 4) is 0 Å². The van der Waals surface area contributed by atoms with E-state index in [1.807, 2.05) is 13.8 Å². The summed E-state index contributed by atoms with van der Waals surface area (Å²) in [5.41, 5.74) is 11.0. The SMILES string of the molecule is CC(C)CN(CC(N)=O)S(=O)(=O)c1cc(Br)ccc1N. The third kappa shape index (κ3) is 4.19. The first-order valence-corrected chi connectivity index (χ1v) is 8.21. The Morgan fingerprint density at radius 1 is 1.40 bits per heavy atom. The third-order valence-electron chi connectivity index (χ3n) is 2.49. The van der Waals surface area contributed by atoms with Gasteiger partial charge in [0.2, 0.25) is 15.9 Å². The summed E-state index contributed by atoms with van der Waals surface area (Å²) < 4.78 is 26.8. The fourth-order valence-corrected chi connectivity index (χ4v) is 3.92. The van der Waals surface area contributed by atoms with Gasteiger partial charge in [0.05, 0.1) is 12.2 Å². The van der Waals surface area contributed by atoms with E-state index in [-0.39, 0.29) is 29.6 Å². The van der Waals surface area contributed by atoms with Gasteiger partial charge >= 0.3 is 0 Å². The second-order valence-corrected chi connectivity index (χ2v) is 7.66. The van der Waals surface area contributed by atoms with Gasteiger partial charge in [0, 0.05) is 11.0 Å². The van der Waals surface area contributed by atoms with Crippen molar-refractivity contribution < 1.29 is 13.2 Å². The lowest BCUT2D eigenvalue weighted by atomic mass is 10.2. The molecule has 1 aromatic rings. The molecule has 1 rings (SSSR count). The lowest BCUT2D eigenvalue weighted by Crippen LogP contribution is -2.40. The monoisotopic (exact) mass is 363 g/mol. The van der Waals surface area contributed by atoms with Crippen molar-refractivity contribution in [2.75, 3.05) is 18.8 Å². The number of nitrogens with zero attached hydrogens (tertiary/aromatic N) is 1. The summed E-state index contributed by atoms with van der Waals surface area (Å²) in [5, 5.41) is 0. The molecule has 0 saturated heterocycles. The van der Waals surface area contributed by atoms with E-state index in [4.69, 9.17) is 11.5 Å². The van der Waals surface area contributed by atoms with Crippen LogP contribution < -0.4 is 11.5 Å². The number of rotatable bonds is 6.